The summed E-state index contributed by atoms with van der Waals surface area (Å²) < 4.78 is 0. The van der Waals surface area contributed by atoms with Gasteiger partial charge in [-0.25, -0.2) is 0 Å². The summed E-state index contributed by atoms with van der Waals surface area (Å²) in [7, 11) is 9.53. The Morgan fingerprint density at radius 3 is 1.11 bits per heavy atom. The molecule has 2 aromatic rings. The Labute approximate surface area is 235 Å². The Kier molecular flexibility index (Phi) is 12.9. The first-order valence-electron chi connectivity index (χ1n) is 12.4. The van der Waals surface area contributed by atoms with Crippen LogP contribution in [0.15, 0.2) is 34.3 Å². The van der Waals surface area contributed by atoms with Gasteiger partial charge in [-0.15, -0.1) is 0 Å². The van der Waals surface area contributed by atoms with Crippen LogP contribution in [0.25, 0.3) is 0 Å². The van der Waals surface area contributed by atoms with Gasteiger partial charge >= 0.3 is 33.3 Å². The second-order valence-electron chi connectivity index (χ2n) is 11.8. The summed E-state index contributed by atoms with van der Waals surface area (Å²) in [6.45, 7) is 27.8. The van der Waals surface area contributed by atoms with Gasteiger partial charge in [0.05, 0.1) is 11.4 Å². The minimum absolute atomic E-state index is 0.0278. The molecule has 0 aliphatic carbocycles. The zero-order chi connectivity index (χ0) is 27.8. The maximum atomic E-state index is 5.17. The third kappa shape index (κ3) is 10.3. The fourth-order valence-corrected chi connectivity index (χ4v) is 4.21. The molecule has 36 heavy (non-hydrogen) atoms. The third-order valence-electron chi connectivity index (χ3n) is 6.08. The van der Waals surface area contributed by atoms with E-state index in [1.165, 1.54) is 33.4 Å². The molecule has 0 saturated heterocycles. The zero-order valence-corrected chi connectivity index (χ0v) is 26.8. The molecule has 0 aliphatic rings. The molecule has 0 spiro atoms. The average Bonchev–Trinajstić information content (AvgIpc) is 2.68. The number of nitrogens with one attached hydrogen (secondary N) is 1. The molecule has 0 heterocycles. The zero-order valence-electron chi connectivity index (χ0n) is 24.2. The number of nitrogens with zero attached hydrogens (tertiary/aromatic N) is 2. The molecule has 202 valence electrons. The van der Waals surface area contributed by atoms with Crippen LogP contribution in [0.4, 0.5) is 11.4 Å². The molecule has 0 radical (unpaired) electrons. The van der Waals surface area contributed by atoms with Gasteiger partial charge in [0.15, 0.2) is 0 Å². The standard InChI is InChI=1S/C30H45N3.2ClH.Fe/c1-19-13-21(3)27(22(4)14-19)32-25(29(7,8)9)17-31-18-26(30(10,11)12)33-28-23(5)15-20(2)16-24(28)6;;;/h13-16,31H,17-18H2,1-12H3;2*1H;/q;;;+2/p-2. The molecule has 0 amide bonds. The molecular weight excluding hydrogens is 529 g/mol. The van der Waals surface area contributed by atoms with Crippen molar-refractivity contribution in [2.75, 3.05) is 13.1 Å². The van der Waals surface area contributed by atoms with Gasteiger partial charge < -0.3 is 5.32 Å². The van der Waals surface area contributed by atoms with Gasteiger partial charge in [-0.05, 0) is 63.8 Å². The van der Waals surface area contributed by atoms with Crippen molar-refractivity contribution in [3.63, 3.8) is 0 Å². The van der Waals surface area contributed by atoms with Gasteiger partial charge in [-0.2, -0.15) is 0 Å². The summed E-state index contributed by atoms with van der Waals surface area (Å²) in [5, 5.41) is 3.68. The molecule has 3 nitrogen and oxygen atoms in total. The van der Waals surface area contributed by atoms with Crippen LogP contribution in [0.3, 0.4) is 0 Å². The number of hydrogen-bond donors (Lipinski definition) is 1. The molecule has 2 rings (SSSR count). The Balaban J connectivity index is 0.00000205. The van der Waals surface area contributed by atoms with Crippen molar-refractivity contribution in [2.45, 2.75) is 83.1 Å². The van der Waals surface area contributed by atoms with Crippen molar-refractivity contribution in [2.24, 2.45) is 20.8 Å². The number of benzene rings is 2. The summed E-state index contributed by atoms with van der Waals surface area (Å²) in [6.07, 6.45) is 0. The molecule has 0 aromatic heterocycles. The van der Waals surface area contributed by atoms with Crippen LogP contribution in [0.5, 0.6) is 0 Å². The molecule has 0 saturated carbocycles. The Bertz CT molecular complexity index is 959. The van der Waals surface area contributed by atoms with E-state index in [4.69, 9.17) is 30.2 Å². The molecular formula is C30H45Cl2FeN3. The quantitative estimate of drug-likeness (QED) is 0.271. The van der Waals surface area contributed by atoms with Crippen molar-refractivity contribution in [3.8, 4) is 0 Å². The maximum absolute atomic E-state index is 5.17. The Hall–Kier alpha value is -1.16. The van der Waals surface area contributed by atoms with Gasteiger partial charge in [0.25, 0.3) is 0 Å². The van der Waals surface area contributed by atoms with Crippen molar-refractivity contribution in [1.82, 2.24) is 5.32 Å². The van der Waals surface area contributed by atoms with Crippen LogP contribution in [-0.2, 0) is 13.1 Å². The molecule has 0 bridgehead atoms. The third-order valence-corrected chi connectivity index (χ3v) is 6.08. The Morgan fingerprint density at radius 2 is 0.889 bits per heavy atom. The van der Waals surface area contributed by atoms with Crippen LogP contribution in [0, 0.1) is 52.4 Å². The molecule has 0 unspecified atom stereocenters. The first kappa shape index (κ1) is 32.9. The van der Waals surface area contributed by atoms with Crippen molar-refractivity contribution >= 4 is 43.0 Å². The molecule has 0 aliphatic heterocycles. The van der Waals surface area contributed by atoms with E-state index in [9.17, 15) is 0 Å². The van der Waals surface area contributed by atoms with Crippen molar-refractivity contribution in [1.29, 1.82) is 0 Å². The van der Waals surface area contributed by atoms with E-state index in [0.29, 0.717) is 0 Å². The second-order valence-corrected chi connectivity index (χ2v) is 13.6. The predicted octanol–water partition coefficient (Wildman–Crippen LogP) is 9.44. The van der Waals surface area contributed by atoms with Gasteiger partial charge in [0.1, 0.15) is 0 Å². The molecule has 0 fully saturated rings. The van der Waals surface area contributed by atoms with Crippen molar-refractivity contribution in [3.05, 3.63) is 57.6 Å². The van der Waals surface area contributed by atoms with E-state index in [2.05, 4.69) is 113 Å². The fraction of sp³-hybridized carbons (Fsp3) is 0.533. The van der Waals surface area contributed by atoms with E-state index in [1.54, 1.807) is 0 Å². The van der Waals surface area contributed by atoms with Gasteiger partial charge in [0.2, 0.25) is 0 Å². The predicted molar refractivity (Wildman–Crippen MR) is 159 cm³/mol. The van der Waals surface area contributed by atoms with Gasteiger partial charge in [0, 0.05) is 35.3 Å². The molecule has 1 N–H and O–H groups in total. The fourth-order valence-electron chi connectivity index (χ4n) is 4.21. The minimum atomic E-state index is -0.0278. The summed E-state index contributed by atoms with van der Waals surface area (Å²) in [5.74, 6) is 0. The SMILES string of the molecule is Cc1cc(C)c(N=C(CNCC(=Nc2c(C)cc(C)cc2C)C(C)(C)C)C(C)(C)C)c(C)c1.[Cl][Fe][Cl]. The number of halogens is 2. The van der Waals surface area contributed by atoms with Crippen LogP contribution in [0.2, 0.25) is 0 Å². The van der Waals surface area contributed by atoms with E-state index in [-0.39, 0.29) is 24.0 Å². The number of hydrogen-bond acceptors (Lipinski definition) is 3. The Morgan fingerprint density at radius 1 is 0.639 bits per heavy atom. The van der Waals surface area contributed by atoms with Gasteiger partial charge in [-0.3, -0.25) is 9.98 Å². The molecule has 2 aromatic carbocycles. The number of aryl methyl sites for hydroxylation is 6. The van der Waals surface area contributed by atoms with Crippen LogP contribution in [0.1, 0.15) is 74.9 Å². The van der Waals surface area contributed by atoms with E-state index in [1.807, 2.05) is 0 Å². The van der Waals surface area contributed by atoms with E-state index < -0.39 is 0 Å². The first-order chi connectivity index (χ1) is 16.5. The number of rotatable bonds is 6. The van der Waals surface area contributed by atoms with Crippen LogP contribution < -0.4 is 5.32 Å². The van der Waals surface area contributed by atoms with Crippen LogP contribution >= 0.6 is 20.2 Å². The van der Waals surface area contributed by atoms with Crippen molar-refractivity contribution < 1.29 is 13.1 Å². The van der Waals surface area contributed by atoms with E-state index in [0.717, 1.165) is 35.9 Å². The molecule has 0 atom stereocenters. The topological polar surface area (TPSA) is 36.8 Å². The number of aliphatic imine (C=N–C) groups is 2. The second kappa shape index (κ2) is 14.1. The summed E-state index contributed by atoms with van der Waals surface area (Å²) in [5.41, 5.74) is 12.0. The summed E-state index contributed by atoms with van der Waals surface area (Å²) in [4.78, 5) is 10.3. The van der Waals surface area contributed by atoms with Gasteiger partial charge in [-0.1, -0.05) is 76.9 Å². The first-order valence-corrected chi connectivity index (χ1v) is 15.4. The monoisotopic (exact) mass is 573 g/mol. The van der Waals surface area contributed by atoms with Crippen LogP contribution in [-0.4, -0.2) is 24.5 Å². The summed E-state index contributed by atoms with van der Waals surface area (Å²) >= 11 is 0.194. The van der Waals surface area contributed by atoms with E-state index >= 15 is 0 Å². The normalized spacial score (nSPS) is 13.1. The summed E-state index contributed by atoms with van der Waals surface area (Å²) in [6, 6.07) is 8.87. The average molecular weight is 574 g/mol. The molecule has 6 heteroatoms.